The predicted octanol–water partition coefficient (Wildman–Crippen LogP) is 3.25. The van der Waals surface area contributed by atoms with Crippen molar-refractivity contribution in [3.05, 3.63) is 68.6 Å². The molecular weight excluding hydrogens is 404 g/mol. The zero-order valence-corrected chi connectivity index (χ0v) is 17.6. The molecule has 0 unspecified atom stereocenters. The number of benzene rings is 2. The van der Waals surface area contributed by atoms with E-state index in [0.29, 0.717) is 53.1 Å². The lowest BCUT2D eigenvalue weighted by atomic mass is 10.0. The summed E-state index contributed by atoms with van der Waals surface area (Å²) in [5.41, 5.74) is 9.68. The second-order valence-corrected chi connectivity index (χ2v) is 7.64. The Balaban J connectivity index is 1.56. The van der Waals surface area contributed by atoms with E-state index in [1.165, 1.54) is 0 Å². The first-order valence-corrected chi connectivity index (χ1v) is 9.97. The molecule has 30 heavy (non-hydrogen) atoms. The van der Waals surface area contributed by atoms with Crippen molar-refractivity contribution in [2.24, 2.45) is 0 Å². The molecule has 7 nitrogen and oxygen atoms in total. The van der Waals surface area contributed by atoms with Crippen molar-refractivity contribution in [3.8, 4) is 22.9 Å². The number of aromatic nitrogens is 2. The summed E-state index contributed by atoms with van der Waals surface area (Å²) in [6.07, 6.45) is 0.697. The Bertz CT molecular complexity index is 1130. The Labute approximate surface area is 179 Å². The van der Waals surface area contributed by atoms with E-state index >= 15 is 0 Å². The zero-order valence-electron chi connectivity index (χ0n) is 16.9. The number of rotatable bonds is 5. The van der Waals surface area contributed by atoms with Gasteiger partial charge in [0, 0.05) is 37.3 Å². The van der Waals surface area contributed by atoms with Crippen LogP contribution >= 0.6 is 11.6 Å². The van der Waals surface area contributed by atoms with Crippen molar-refractivity contribution < 1.29 is 9.47 Å². The van der Waals surface area contributed by atoms with Crippen molar-refractivity contribution in [2.45, 2.75) is 19.5 Å². The molecule has 8 heteroatoms. The monoisotopic (exact) mass is 426 g/mol. The average molecular weight is 427 g/mol. The van der Waals surface area contributed by atoms with Crippen LogP contribution < -0.4 is 20.8 Å². The summed E-state index contributed by atoms with van der Waals surface area (Å²) < 4.78 is 10.7. The molecule has 2 heterocycles. The molecule has 156 valence electrons. The zero-order chi connectivity index (χ0) is 21.3. The molecule has 0 fully saturated rings. The van der Waals surface area contributed by atoms with Crippen molar-refractivity contribution in [3.63, 3.8) is 0 Å². The van der Waals surface area contributed by atoms with Gasteiger partial charge in [0.15, 0.2) is 11.5 Å². The summed E-state index contributed by atoms with van der Waals surface area (Å²) in [6, 6.07) is 11.1. The van der Waals surface area contributed by atoms with Gasteiger partial charge in [-0.05, 0) is 42.0 Å². The highest BCUT2D eigenvalue weighted by Gasteiger charge is 2.22. The Morgan fingerprint density at radius 3 is 2.67 bits per heavy atom. The van der Waals surface area contributed by atoms with E-state index in [0.717, 1.165) is 23.4 Å². The molecular formula is C22H23ClN4O3. The number of aromatic amines is 1. The maximum absolute atomic E-state index is 12.8. The highest BCUT2D eigenvalue weighted by Crippen LogP contribution is 2.36. The van der Waals surface area contributed by atoms with E-state index in [1.54, 1.807) is 26.4 Å². The number of nitrogen functional groups attached to an aromatic ring is 1. The van der Waals surface area contributed by atoms with Crippen LogP contribution in [0.5, 0.6) is 11.5 Å². The maximum atomic E-state index is 12.8. The minimum Gasteiger partial charge on any atom is -0.493 e. The summed E-state index contributed by atoms with van der Waals surface area (Å²) in [5, 5.41) is 0.497. The minimum absolute atomic E-state index is 0.109. The van der Waals surface area contributed by atoms with Crippen LogP contribution in [0, 0.1) is 0 Å². The molecule has 0 radical (unpaired) electrons. The first kappa shape index (κ1) is 20.3. The molecule has 1 aromatic heterocycles. The van der Waals surface area contributed by atoms with Crippen LogP contribution in [0.25, 0.3) is 11.4 Å². The van der Waals surface area contributed by atoms with Crippen molar-refractivity contribution in [1.82, 2.24) is 14.9 Å². The molecule has 0 saturated heterocycles. The maximum Gasteiger partial charge on any atom is 0.255 e. The molecule has 1 aliphatic heterocycles. The Morgan fingerprint density at radius 1 is 1.20 bits per heavy atom. The number of fused-ring (bicyclic) bond motifs is 1. The van der Waals surface area contributed by atoms with Gasteiger partial charge in [-0.3, -0.25) is 9.69 Å². The molecule has 0 aliphatic carbocycles. The van der Waals surface area contributed by atoms with Crippen LogP contribution in [0.4, 0.5) is 5.69 Å². The number of nitrogens with two attached hydrogens (primary N) is 1. The molecule has 2 aromatic carbocycles. The third kappa shape index (κ3) is 3.99. The lowest BCUT2D eigenvalue weighted by molar-refractivity contribution is 0.241. The molecule has 1 aliphatic rings. The van der Waals surface area contributed by atoms with Gasteiger partial charge in [-0.2, -0.15) is 0 Å². The molecule has 0 bridgehead atoms. The second-order valence-electron chi connectivity index (χ2n) is 7.24. The fourth-order valence-electron chi connectivity index (χ4n) is 3.71. The third-order valence-electron chi connectivity index (χ3n) is 5.23. The SMILES string of the molecule is COc1cc(CN2CCc3nc(-c4ccc(N)cc4)[nH]c(=O)c3C2)cc(Cl)c1OC. The fraction of sp³-hybridized carbons (Fsp3) is 0.273. The summed E-state index contributed by atoms with van der Waals surface area (Å²) >= 11 is 6.33. The predicted molar refractivity (Wildman–Crippen MR) is 117 cm³/mol. The third-order valence-corrected chi connectivity index (χ3v) is 5.51. The molecule has 3 aromatic rings. The Morgan fingerprint density at radius 2 is 1.97 bits per heavy atom. The summed E-state index contributed by atoms with van der Waals surface area (Å²) in [7, 11) is 3.14. The van der Waals surface area contributed by atoms with Crippen LogP contribution in [0.3, 0.4) is 0 Å². The molecule has 4 rings (SSSR count). The van der Waals surface area contributed by atoms with Crippen LogP contribution in [-0.4, -0.2) is 35.6 Å². The van der Waals surface area contributed by atoms with Gasteiger partial charge in [-0.25, -0.2) is 4.98 Å². The van der Waals surface area contributed by atoms with E-state index in [1.807, 2.05) is 24.3 Å². The number of anilines is 1. The number of ether oxygens (including phenoxy) is 2. The first-order chi connectivity index (χ1) is 14.5. The molecule has 3 N–H and O–H groups in total. The van der Waals surface area contributed by atoms with E-state index in [4.69, 9.17) is 31.8 Å². The van der Waals surface area contributed by atoms with E-state index in [-0.39, 0.29) is 5.56 Å². The number of hydrogen-bond acceptors (Lipinski definition) is 6. The smallest absolute Gasteiger partial charge is 0.255 e. The van der Waals surface area contributed by atoms with Crippen LogP contribution in [0.1, 0.15) is 16.8 Å². The largest absolute Gasteiger partial charge is 0.493 e. The fourth-order valence-corrected chi connectivity index (χ4v) is 4.02. The highest BCUT2D eigenvalue weighted by atomic mass is 35.5. The standard InChI is InChI=1S/C22H23ClN4O3/c1-29-19-10-13(9-17(23)20(19)30-2)11-27-8-7-18-16(12-27)22(28)26-21(25-18)14-3-5-15(24)6-4-14/h3-6,9-10H,7-8,11-12,24H2,1-2H3,(H,25,26,28). The minimum atomic E-state index is -0.109. The number of nitrogens with one attached hydrogen (secondary N) is 1. The average Bonchev–Trinajstić information content (AvgIpc) is 2.74. The Kier molecular flexibility index (Phi) is 5.65. The summed E-state index contributed by atoms with van der Waals surface area (Å²) in [6.45, 7) is 1.95. The molecule has 0 atom stereocenters. The van der Waals surface area contributed by atoms with Gasteiger partial charge in [0.05, 0.1) is 30.5 Å². The van der Waals surface area contributed by atoms with Crippen LogP contribution in [0.15, 0.2) is 41.2 Å². The number of hydrogen-bond donors (Lipinski definition) is 2. The number of methoxy groups -OCH3 is 2. The van der Waals surface area contributed by atoms with Gasteiger partial charge >= 0.3 is 0 Å². The van der Waals surface area contributed by atoms with Gasteiger partial charge in [0.25, 0.3) is 5.56 Å². The summed E-state index contributed by atoms with van der Waals surface area (Å²) in [5.74, 6) is 1.67. The molecule has 0 amide bonds. The lowest BCUT2D eigenvalue weighted by Gasteiger charge is -2.28. The Hall–Kier alpha value is -3.03. The molecule has 0 saturated carbocycles. The number of H-pyrrole nitrogens is 1. The van der Waals surface area contributed by atoms with Gasteiger partial charge in [0.2, 0.25) is 0 Å². The van der Waals surface area contributed by atoms with E-state index < -0.39 is 0 Å². The summed E-state index contributed by atoms with van der Waals surface area (Å²) in [4.78, 5) is 22.6. The molecule has 0 spiro atoms. The normalized spacial score (nSPS) is 13.7. The van der Waals surface area contributed by atoms with E-state index in [9.17, 15) is 4.79 Å². The van der Waals surface area contributed by atoms with Crippen molar-refractivity contribution in [1.29, 1.82) is 0 Å². The van der Waals surface area contributed by atoms with Crippen molar-refractivity contribution in [2.75, 3.05) is 26.5 Å². The second kappa shape index (κ2) is 8.38. The van der Waals surface area contributed by atoms with Crippen LogP contribution in [-0.2, 0) is 19.5 Å². The first-order valence-electron chi connectivity index (χ1n) is 9.59. The topological polar surface area (TPSA) is 93.5 Å². The van der Waals surface area contributed by atoms with Gasteiger partial charge in [0.1, 0.15) is 5.82 Å². The van der Waals surface area contributed by atoms with Crippen LogP contribution in [0.2, 0.25) is 5.02 Å². The highest BCUT2D eigenvalue weighted by molar-refractivity contribution is 6.32. The van der Waals surface area contributed by atoms with Crippen molar-refractivity contribution >= 4 is 17.3 Å². The van der Waals surface area contributed by atoms with Gasteiger partial charge in [-0.1, -0.05) is 11.6 Å². The van der Waals surface area contributed by atoms with Gasteiger partial charge in [-0.15, -0.1) is 0 Å². The van der Waals surface area contributed by atoms with Gasteiger partial charge < -0.3 is 20.2 Å². The number of halogens is 1. The number of nitrogens with zero attached hydrogens (tertiary/aromatic N) is 2. The quantitative estimate of drug-likeness (QED) is 0.608. The van der Waals surface area contributed by atoms with E-state index in [2.05, 4.69) is 9.88 Å². The lowest BCUT2D eigenvalue weighted by Crippen LogP contribution is -2.35.